The van der Waals surface area contributed by atoms with Gasteiger partial charge >= 0.3 is 0 Å². The van der Waals surface area contributed by atoms with Crippen molar-refractivity contribution in [2.45, 2.75) is 70.1 Å². The number of benzene rings is 1. The highest BCUT2D eigenvalue weighted by Gasteiger charge is 2.29. The third kappa shape index (κ3) is 4.65. The quantitative estimate of drug-likeness (QED) is 0.530. The fraction of sp³-hybridized carbons (Fsp3) is 0.571. The van der Waals surface area contributed by atoms with Gasteiger partial charge in [0.05, 0.1) is 5.69 Å². The molecule has 0 N–H and O–H groups in total. The minimum atomic E-state index is 0.236. The normalized spacial score (nSPS) is 20.5. The summed E-state index contributed by atoms with van der Waals surface area (Å²) >= 11 is 0. The van der Waals surface area contributed by atoms with E-state index in [9.17, 15) is 4.79 Å². The number of fused-ring (bicyclic) bond motifs is 1. The van der Waals surface area contributed by atoms with Crippen molar-refractivity contribution < 1.29 is 4.79 Å². The van der Waals surface area contributed by atoms with Crippen LogP contribution in [0.5, 0.6) is 0 Å². The molecule has 0 atom stereocenters. The van der Waals surface area contributed by atoms with E-state index in [1.165, 1.54) is 56.9 Å². The molecule has 7 heteroatoms. The van der Waals surface area contributed by atoms with Gasteiger partial charge in [-0.1, -0.05) is 62.8 Å². The van der Waals surface area contributed by atoms with E-state index >= 15 is 0 Å². The Balaban J connectivity index is 1.16. The number of nitrogens with zero attached hydrogens (tertiary/aromatic N) is 6. The first kappa shape index (κ1) is 22.5. The number of hydrogen-bond donors (Lipinski definition) is 0. The van der Waals surface area contributed by atoms with Gasteiger partial charge in [-0.25, -0.2) is 4.98 Å². The molecule has 2 aromatic heterocycles. The number of carbonyl (C=O) groups is 1. The zero-order valence-corrected chi connectivity index (χ0v) is 20.6. The van der Waals surface area contributed by atoms with Crippen molar-refractivity contribution in [1.82, 2.24) is 24.5 Å². The average Bonchev–Trinajstić information content (AvgIpc) is 3.39. The molecule has 3 aliphatic rings. The van der Waals surface area contributed by atoms with Crippen molar-refractivity contribution in [2.75, 3.05) is 31.1 Å². The second kappa shape index (κ2) is 9.96. The van der Waals surface area contributed by atoms with Gasteiger partial charge in [0, 0.05) is 43.9 Å². The van der Waals surface area contributed by atoms with Crippen LogP contribution in [0.2, 0.25) is 0 Å². The molecule has 2 aliphatic carbocycles. The molecule has 1 aliphatic heterocycles. The Morgan fingerprint density at radius 3 is 2.20 bits per heavy atom. The minimum absolute atomic E-state index is 0.236. The summed E-state index contributed by atoms with van der Waals surface area (Å²) in [7, 11) is 0. The monoisotopic (exact) mass is 472 g/mol. The second-order valence-electron chi connectivity index (χ2n) is 10.6. The van der Waals surface area contributed by atoms with Crippen LogP contribution in [0.15, 0.2) is 36.5 Å². The van der Waals surface area contributed by atoms with Crippen molar-refractivity contribution in [3.05, 3.63) is 42.1 Å². The minimum Gasteiger partial charge on any atom is -0.339 e. The van der Waals surface area contributed by atoms with E-state index in [4.69, 9.17) is 10.1 Å². The smallest absolute Gasteiger partial charge is 0.254 e. The Kier molecular flexibility index (Phi) is 6.40. The van der Waals surface area contributed by atoms with Crippen molar-refractivity contribution >= 4 is 17.6 Å². The van der Waals surface area contributed by atoms with Gasteiger partial charge in [0.1, 0.15) is 0 Å². The lowest BCUT2D eigenvalue weighted by molar-refractivity contribution is -0.136. The van der Waals surface area contributed by atoms with Gasteiger partial charge in [0.25, 0.3) is 5.78 Å². The Bertz CT molecular complexity index is 1150. The predicted octanol–water partition coefficient (Wildman–Crippen LogP) is 5.07. The van der Waals surface area contributed by atoms with Crippen molar-refractivity contribution in [3.63, 3.8) is 0 Å². The highest BCUT2D eigenvalue weighted by molar-refractivity contribution is 5.79. The lowest BCUT2D eigenvalue weighted by atomic mass is 9.84. The Morgan fingerprint density at radius 1 is 0.800 bits per heavy atom. The van der Waals surface area contributed by atoms with Crippen LogP contribution in [-0.2, 0) is 4.79 Å². The van der Waals surface area contributed by atoms with E-state index in [1.807, 2.05) is 16.8 Å². The summed E-state index contributed by atoms with van der Waals surface area (Å²) in [5.74, 6) is 2.62. The highest BCUT2D eigenvalue weighted by atomic mass is 16.2. The molecule has 1 saturated heterocycles. The molecule has 0 radical (unpaired) electrons. The van der Waals surface area contributed by atoms with Gasteiger partial charge in [-0.2, -0.15) is 9.50 Å². The van der Waals surface area contributed by atoms with Crippen molar-refractivity contribution in [2.24, 2.45) is 5.92 Å². The Morgan fingerprint density at radius 2 is 1.49 bits per heavy atom. The van der Waals surface area contributed by atoms with Crippen LogP contribution in [0.4, 0.5) is 5.95 Å². The van der Waals surface area contributed by atoms with E-state index in [1.54, 1.807) is 0 Å². The summed E-state index contributed by atoms with van der Waals surface area (Å²) in [4.78, 5) is 26.4. The molecule has 7 nitrogen and oxygen atoms in total. The average molecular weight is 473 g/mol. The maximum absolute atomic E-state index is 12.9. The molecule has 0 unspecified atom stereocenters. The fourth-order valence-electron chi connectivity index (χ4n) is 6.23. The first-order chi connectivity index (χ1) is 17.3. The SMILES string of the molecule is O=C(C1CCCCC1)N1CCN(c2nc3nccc(-c4ccc(C5CCCCC5)cc4)n3n2)CC1. The Labute approximate surface area is 207 Å². The number of rotatable bonds is 4. The lowest BCUT2D eigenvalue weighted by Gasteiger charge is -2.36. The lowest BCUT2D eigenvalue weighted by Crippen LogP contribution is -2.51. The zero-order valence-electron chi connectivity index (χ0n) is 20.6. The molecule has 0 spiro atoms. The maximum atomic E-state index is 12.9. The van der Waals surface area contributed by atoms with Crippen LogP contribution < -0.4 is 4.90 Å². The van der Waals surface area contributed by atoms with Crippen LogP contribution in [0.3, 0.4) is 0 Å². The molecular weight excluding hydrogens is 436 g/mol. The number of piperazine rings is 1. The number of hydrogen-bond acceptors (Lipinski definition) is 5. The second-order valence-corrected chi connectivity index (χ2v) is 10.6. The molecule has 3 heterocycles. The molecule has 6 rings (SSSR count). The van der Waals surface area contributed by atoms with Crippen LogP contribution in [-0.4, -0.2) is 56.6 Å². The van der Waals surface area contributed by atoms with Crippen LogP contribution in [0.1, 0.15) is 75.7 Å². The molecule has 184 valence electrons. The van der Waals surface area contributed by atoms with E-state index in [-0.39, 0.29) is 5.92 Å². The highest BCUT2D eigenvalue weighted by Crippen LogP contribution is 2.33. The summed E-state index contributed by atoms with van der Waals surface area (Å²) in [6.45, 7) is 3.02. The summed E-state index contributed by atoms with van der Waals surface area (Å²) in [6.07, 6.45) is 14.3. The molecule has 0 bridgehead atoms. The maximum Gasteiger partial charge on any atom is 0.254 e. The summed E-state index contributed by atoms with van der Waals surface area (Å²) in [6, 6.07) is 11.0. The van der Waals surface area contributed by atoms with Gasteiger partial charge in [-0.05, 0) is 43.2 Å². The molecule has 3 fully saturated rings. The summed E-state index contributed by atoms with van der Waals surface area (Å²) in [5.41, 5.74) is 3.60. The third-order valence-electron chi connectivity index (χ3n) is 8.34. The summed E-state index contributed by atoms with van der Waals surface area (Å²) < 4.78 is 1.87. The molecule has 1 amide bonds. The Hall–Kier alpha value is -2.96. The molecule has 2 saturated carbocycles. The number of carbonyl (C=O) groups excluding carboxylic acids is 1. The van der Waals surface area contributed by atoms with Gasteiger partial charge in [-0.3, -0.25) is 4.79 Å². The van der Waals surface area contributed by atoms with Crippen molar-refractivity contribution in [3.8, 4) is 11.3 Å². The molecular formula is C28H36N6O. The van der Waals surface area contributed by atoms with Gasteiger partial charge < -0.3 is 9.80 Å². The van der Waals surface area contributed by atoms with Crippen LogP contribution in [0, 0.1) is 5.92 Å². The third-order valence-corrected chi connectivity index (χ3v) is 8.34. The standard InChI is InChI=1S/C28H36N6O/c35-26(24-9-5-2-6-10-24)32-17-19-33(20-18-32)28-30-27-29-16-15-25(34(27)31-28)23-13-11-22(12-14-23)21-7-3-1-4-8-21/h11-16,21,24H,1-10,17-20H2. The predicted molar refractivity (Wildman–Crippen MR) is 137 cm³/mol. The summed E-state index contributed by atoms with van der Waals surface area (Å²) in [5, 5.41) is 4.85. The first-order valence-corrected chi connectivity index (χ1v) is 13.6. The van der Waals surface area contributed by atoms with Gasteiger partial charge in [0.15, 0.2) is 0 Å². The van der Waals surface area contributed by atoms with Crippen LogP contribution >= 0.6 is 0 Å². The molecule has 35 heavy (non-hydrogen) atoms. The van der Waals surface area contributed by atoms with E-state index in [0.29, 0.717) is 23.6 Å². The number of anilines is 1. The van der Waals surface area contributed by atoms with Crippen molar-refractivity contribution in [1.29, 1.82) is 0 Å². The van der Waals surface area contributed by atoms with E-state index in [0.717, 1.165) is 50.3 Å². The largest absolute Gasteiger partial charge is 0.339 e. The number of aromatic nitrogens is 4. The topological polar surface area (TPSA) is 66.6 Å². The van der Waals surface area contributed by atoms with Gasteiger partial charge in [0.2, 0.25) is 11.9 Å². The number of amides is 1. The van der Waals surface area contributed by atoms with E-state index in [2.05, 4.69) is 39.0 Å². The van der Waals surface area contributed by atoms with E-state index < -0.39 is 0 Å². The fourth-order valence-corrected chi connectivity index (χ4v) is 6.23. The van der Waals surface area contributed by atoms with Gasteiger partial charge in [-0.15, -0.1) is 5.10 Å². The molecule has 1 aromatic carbocycles. The molecule has 3 aromatic rings. The first-order valence-electron chi connectivity index (χ1n) is 13.6. The zero-order chi connectivity index (χ0) is 23.6. The van der Waals surface area contributed by atoms with Crippen LogP contribution in [0.25, 0.3) is 17.0 Å².